The molecule has 0 aliphatic carbocycles. The van der Waals surface area contributed by atoms with Crippen LogP contribution in [-0.4, -0.2) is 52.3 Å². The molecule has 1 fully saturated rings. The zero-order valence-electron chi connectivity index (χ0n) is 16.4. The van der Waals surface area contributed by atoms with Crippen LogP contribution in [0.3, 0.4) is 0 Å². The fourth-order valence-electron chi connectivity index (χ4n) is 2.78. The first-order valence-electron chi connectivity index (χ1n) is 8.99. The maximum Gasteiger partial charge on any atom is 0.328 e. The minimum atomic E-state index is -0.974. The van der Waals surface area contributed by atoms with Gasteiger partial charge in [-0.15, -0.1) is 0 Å². The van der Waals surface area contributed by atoms with Crippen LogP contribution < -0.4 is 11.2 Å². The summed E-state index contributed by atoms with van der Waals surface area (Å²) in [5.41, 5.74) is -1.37. The van der Waals surface area contributed by atoms with Crippen molar-refractivity contribution >= 4 is 5.97 Å². The molecule has 9 nitrogen and oxygen atoms in total. The Bertz CT molecular complexity index is 777. The molecule has 4 atom stereocenters. The standard InChI is InChI=1S/C18H28N2O7/c1-6-25-15-11(20-8-10(2)14(22)19-17(20)24)7-12(21)13(27-15)9-26-16(23)18(3,4)5/h8,11-13,15,21H,6-7,9H2,1-5H3,(H,19,22,24)/t11-,12+,13+,15-/m0/s1. The summed E-state index contributed by atoms with van der Waals surface area (Å²) in [6.45, 7) is 8.77. The number of carbonyl (C=O) groups excluding carboxylic acids is 1. The molecule has 27 heavy (non-hydrogen) atoms. The highest BCUT2D eigenvalue weighted by atomic mass is 16.7. The van der Waals surface area contributed by atoms with Crippen LogP contribution in [0.25, 0.3) is 0 Å². The molecule has 1 aromatic heterocycles. The molecule has 9 heteroatoms. The molecular weight excluding hydrogens is 356 g/mol. The number of rotatable bonds is 5. The average molecular weight is 384 g/mol. The molecule has 1 aliphatic rings. The van der Waals surface area contributed by atoms with Crippen molar-refractivity contribution < 1.29 is 24.1 Å². The molecule has 2 rings (SSSR count). The van der Waals surface area contributed by atoms with Crippen LogP contribution in [0.2, 0.25) is 0 Å². The summed E-state index contributed by atoms with van der Waals surface area (Å²) < 4.78 is 17.9. The third-order valence-electron chi connectivity index (χ3n) is 4.36. The Balaban J connectivity index is 2.19. The van der Waals surface area contributed by atoms with E-state index in [1.54, 1.807) is 34.6 Å². The topological polar surface area (TPSA) is 120 Å². The van der Waals surface area contributed by atoms with Crippen molar-refractivity contribution in [2.75, 3.05) is 13.2 Å². The molecule has 1 aromatic rings. The second-order valence-electron chi connectivity index (χ2n) is 7.70. The normalized spacial score (nSPS) is 26.0. The highest BCUT2D eigenvalue weighted by molar-refractivity contribution is 5.75. The van der Waals surface area contributed by atoms with Gasteiger partial charge in [-0.05, 0) is 34.6 Å². The Morgan fingerprint density at radius 1 is 1.41 bits per heavy atom. The fraction of sp³-hybridized carbons (Fsp3) is 0.722. The second-order valence-corrected chi connectivity index (χ2v) is 7.70. The van der Waals surface area contributed by atoms with Crippen LogP contribution >= 0.6 is 0 Å². The van der Waals surface area contributed by atoms with E-state index in [-0.39, 0.29) is 13.0 Å². The van der Waals surface area contributed by atoms with Crippen molar-refractivity contribution in [1.29, 1.82) is 0 Å². The number of ether oxygens (including phenoxy) is 3. The van der Waals surface area contributed by atoms with E-state index in [0.717, 1.165) is 0 Å². The summed E-state index contributed by atoms with van der Waals surface area (Å²) in [6.07, 6.45) is -1.01. The number of aryl methyl sites for hydroxylation is 1. The van der Waals surface area contributed by atoms with E-state index in [4.69, 9.17) is 14.2 Å². The van der Waals surface area contributed by atoms with Crippen molar-refractivity contribution in [2.24, 2.45) is 5.41 Å². The van der Waals surface area contributed by atoms with Gasteiger partial charge in [0.15, 0.2) is 6.29 Å². The largest absolute Gasteiger partial charge is 0.462 e. The Hall–Kier alpha value is -1.97. The first kappa shape index (κ1) is 21.3. The number of aromatic amines is 1. The molecular formula is C18H28N2O7. The molecule has 1 aliphatic heterocycles. The molecule has 0 bridgehead atoms. The molecule has 0 amide bonds. The van der Waals surface area contributed by atoms with E-state index in [9.17, 15) is 19.5 Å². The van der Waals surface area contributed by atoms with Crippen molar-refractivity contribution in [3.05, 3.63) is 32.6 Å². The lowest BCUT2D eigenvalue weighted by atomic mass is 9.97. The van der Waals surface area contributed by atoms with Gasteiger partial charge in [-0.3, -0.25) is 19.1 Å². The van der Waals surface area contributed by atoms with Crippen molar-refractivity contribution in [3.8, 4) is 0 Å². The number of esters is 1. The third-order valence-corrected chi connectivity index (χ3v) is 4.36. The van der Waals surface area contributed by atoms with Crippen molar-refractivity contribution in [3.63, 3.8) is 0 Å². The number of nitrogens with zero attached hydrogens (tertiary/aromatic N) is 1. The Labute approximate surface area is 157 Å². The predicted octanol–water partition coefficient (Wildman–Crippen LogP) is 0.488. The van der Waals surface area contributed by atoms with Crippen LogP contribution in [-0.2, 0) is 19.0 Å². The number of hydrogen-bond donors (Lipinski definition) is 2. The van der Waals surface area contributed by atoms with E-state index in [1.807, 2.05) is 0 Å². The third kappa shape index (κ3) is 5.06. The van der Waals surface area contributed by atoms with Crippen molar-refractivity contribution in [1.82, 2.24) is 9.55 Å². The number of aromatic nitrogens is 2. The quantitative estimate of drug-likeness (QED) is 0.709. The Morgan fingerprint density at radius 2 is 2.07 bits per heavy atom. The number of aliphatic hydroxyl groups excluding tert-OH is 1. The Kier molecular flexibility index (Phi) is 6.61. The first-order chi connectivity index (χ1) is 12.5. The van der Waals surface area contributed by atoms with Crippen LogP contribution in [0.4, 0.5) is 0 Å². The van der Waals surface area contributed by atoms with Gasteiger partial charge in [0, 0.05) is 24.8 Å². The average Bonchev–Trinajstić information content (AvgIpc) is 2.57. The van der Waals surface area contributed by atoms with E-state index < -0.39 is 47.2 Å². The summed E-state index contributed by atoms with van der Waals surface area (Å²) in [6, 6.07) is -0.627. The summed E-state index contributed by atoms with van der Waals surface area (Å²) in [5, 5.41) is 10.5. The summed E-state index contributed by atoms with van der Waals surface area (Å²) in [4.78, 5) is 38.0. The van der Waals surface area contributed by atoms with Gasteiger partial charge in [0.2, 0.25) is 0 Å². The summed E-state index contributed by atoms with van der Waals surface area (Å²) in [5.74, 6) is -0.402. The molecule has 0 unspecified atom stereocenters. The zero-order valence-corrected chi connectivity index (χ0v) is 16.4. The zero-order chi connectivity index (χ0) is 20.4. The van der Waals surface area contributed by atoms with Gasteiger partial charge >= 0.3 is 11.7 Å². The van der Waals surface area contributed by atoms with Crippen molar-refractivity contribution in [2.45, 2.75) is 65.6 Å². The minimum Gasteiger partial charge on any atom is -0.462 e. The second kappa shape index (κ2) is 8.37. The maximum atomic E-state index is 12.2. The van der Waals surface area contributed by atoms with E-state index in [0.29, 0.717) is 12.2 Å². The van der Waals surface area contributed by atoms with Gasteiger partial charge in [0.05, 0.1) is 17.6 Å². The molecule has 1 saturated heterocycles. The molecule has 2 N–H and O–H groups in total. The minimum absolute atomic E-state index is 0.118. The number of H-pyrrole nitrogens is 1. The maximum absolute atomic E-state index is 12.2. The Morgan fingerprint density at radius 3 is 2.67 bits per heavy atom. The molecule has 2 heterocycles. The lowest BCUT2D eigenvalue weighted by molar-refractivity contribution is -0.251. The SMILES string of the molecule is CCO[C@H]1O[C@H](COC(=O)C(C)(C)C)[C@H](O)C[C@@H]1n1cc(C)c(=O)[nH]c1=O. The molecule has 0 radical (unpaired) electrons. The summed E-state index contributed by atoms with van der Waals surface area (Å²) in [7, 11) is 0. The van der Waals surface area contributed by atoms with E-state index >= 15 is 0 Å². The van der Waals surface area contributed by atoms with E-state index in [1.165, 1.54) is 10.8 Å². The van der Waals surface area contributed by atoms with Crippen LogP contribution in [0.15, 0.2) is 15.8 Å². The predicted molar refractivity (Wildman–Crippen MR) is 96.4 cm³/mol. The molecule has 0 aromatic carbocycles. The number of aliphatic hydroxyl groups is 1. The smallest absolute Gasteiger partial charge is 0.328 e. The molecule has 0 saturated carbocycles. The van der Waals surface area contributed by atoms with Crippen LogP contribution in [0.1, 0.15) is 45.7 Å². The first-order valence-corrected chi connectivity index (χ1v) is 8.99. The number of nitrogens with one attached hydrogen (secondary N) is 1. The van der Waals surface area contributed by atoms with Crippen LogP contribution in [0, 0.1) is 12.3 Å². The van der Waals surface area contributed by atoms with Gasteiger partial charge in [-0.2, -0.15) is 0 Å². The number of hydrogen-bond acceptors (Lipinski definition) is 7. The highest BCUT2D eigenvalue weighted by Gasteiger charge is 2.40. The van der Waals surface area contributed by atoms with Gasteiger partial charge in [-0.1, -0.05) is 0 Å². The van der Waals surface area contributed by atoms with Gasteiger partial charge in [-0.25, -0.2) is 4.79 Å². The van der Waals surface area contributed by atoms with Gasteiger partial charge < -0.3 is 19.3 Å². The van der Waals surface area contributed by atoms with Gasteiger partial charge in [0.25, 0.3) is 5.56 Å². The van der Waals surface area contributed by atoms with E-state index in [2.05, 4.69) is 4.98 Å². The summed E-state index contributed by atoms with van der Waals surface area (Å²) >= 11 is 0. The lowest BCUT2D eigenvalue weighted by Crippen LogP contribution is -2.51. The highest BCUT2D eigenvalue weighted by Crippen LogP contribution is 2.30. The number of carbonyl (C=O) groups is 1. The molecule has 0 spiro atoms. The fourth-order valence-corrected chi connectivity index (χ4v) is 2.78. The monoisotopic (exact) mass is 384 g/mol. The van der Waals surface area contributed by atoms with Gasteiger partial charge in [0.1, 0.15) is 12.7 Å². The van der Waals surface area contributed by atoms with Crippen LogP contribution in [0.5, 0.6) is 0 Å². The lowest BCUT2D eigenvalue weighted by Gasteiger charge is -2.39. The molecule has 152 valence electrons.